The molecule has 1 heterocycles. The van der Waals surface area contributed by atoms with Gasteiger partial charge in [-0.1, -0.05) is 0 Å². The lowest BCUT2D eigenvalue weighted by Crippen LogP contribution is -2.47. The summed E-state index contributed by atoms with van der Waals surface area (Å²) in [5.74, 6) is -0.456. The van der Waals surface area contributed by atoms with E-state index in [1.807, 2.05) is 6.92 Å². The number of nitrogens with zero attached hydrogens (tertiary/aromatic N) is 1. The average molecular weight is 291 g/mol. The van der Waals surface area contributed by atoms with Crippen LogP contribution in [0.2, 0.25) is 0 Å². The van der Waals surface area contributed by atoms with Crippen molar-refractivity contribution in [2.75, 3.05) is 45.0 Å². The molecule has 0 saturated carbocycles. The summed E-state index contributed by atoms with van der Waals surface area (Å²) in [7, 11) is 1.62. The molecule has 0 aromatic carbocycles. The van der Waals surface area contributed by atoms with E-state index in [1.165, 1.54) is 11.8 Å². The number of carboxylic acids is 1. The zero-order valence-corrected chi connectivity index (χ0v) is 12.1. The minimum Gasteiger partial charge on any atom is -0.481 e. The number of carboxylic acid groups (broad SMARTS) is 1. The van der Waals surface area contributed by atoms with Crippen molar-refractivity contribution in [3.05, 3.63) is 0 Å². The quantitative estimate of drug-likeness (QED) is 0.649. The lowest BCUT2D eigenvalue weighted by Gasteiger charge is -2.29. The van der Waals surface area contributed by atoms with E-state index in [4.69, 9.17) is 14.6 Å². The molecule has 0 spiro atoms. The van der Waals surface area contributed by atoms with E-state index in [-0.39, 0.29) is 18.6 Å². The minimum absolute atomic E-state index is 0.0367. The Hall–Kier alpha value is -0.790. The Labute approximate surface area is 117 Å². The van der Waals surface area contributed by atoms with Crippen molar-refractivity contribution >= 4 is 23.6 Å². The van der Waals surface area contributed by atoms with Gasteiger partial charge in [0.15, 0.2) is 0 Å². The van der Waals surface area contributed by atoms with E-state index < -0.39 is 11.9 Å². The Balaban J connectivity index is 2.51. The van der Waals surface area contributed by atoms with Crippen molar-refractivity contribution in [2.45, 2.75) is 13.0 Å². The highest BCUT2D eigenvalue weighted by molar-refractivity contribution is 7.99. The molecule has 1 saturated heterocycles. The summed E-state index contributed by atoms with van der Waals surface area (Å²) in [5.41, 5.74) is 0. The maximum atomic E-state index is 12.1. The van der Waals surface area contributed by atoms with Crippen LogP contribution in [0.15, 0.2) is 0 Å². The van der Waals surface area contributed by atoms with Crippen LogP contribution in [0.25, 0.3) is 0 Å². The number of likely N-dealkylation sites (N-methyl/N-ethyl adjacent to an activating group) is 1. The van der Waals surface area contributed by atoms with Gasteiger partial charge in [0.25, 0.3) is 0 Å². The third kappa shape index (κ3) is 4.67. The Kier molecular flexibility index (Phi) is 7.19. The predicted molar refractivity (Wildman–Crippen MR) is 72.3 cm³/mol. The third-order valence-corrected chi connectivity index (χ3v) is 3.99. The Bertz CT molecular complexity index is 312. The number of carbonyl (C=O) groups is 2. The first-order chi connectivity index (χ1) is 9.11. The second-order valence-corrected chi connectivity index (χ2v) is 5.38. The summed E-state index contributed by atoms with van der Waals surface area (Å²) in [6.07, 6.45) is 0. The molecule has 2 unspecified atom stereocenters. The number of ether oxygens (including phenoxy) is 2. The van der Waals surface area contributed by atoms with Crippen LogP contribution in [0.4, 0.5) is 0 Å². The summed E-state index contributed by atoms with van der Waals surface area (Å²) in [5, 5.41) is 9.12. The molecule has 1 rings (SSSR count). The molecule has 1 fully saturated rings. The summed E-state index contributed by atoms with van der Waals surface area (Å²) in [4.78, 5) is 24.8. The standard InChI is InChI=1S/C12H21NO5S/c1-3-13(11(14)8-19-5-4-17-2)10-7-18-6-9(10)12(15)16/h9-10H,3-8H2,1-2H3,(H,15,16). The van der Waals surface area contributed by atoms with Crippen LogP contribution in [0.1, 0.15) is 6.92 Å². The highest BCUT2D eigenvalue weighted by Crippen LogP contribution is 2.21. The minimum atomic E-state index is -0.902. The fourth-order valence-electron chi connectivity index (χ4n) is 2.07. The van der Waals surface area contributed by atoms with Crippen molar-refractivity contribution in [3.8, 4) is 0 Å². The van der Waals surface area contributed by atoms with Crippen LogP contribution < -0.4 is 0 Å². The number of hydrogen-bond donors (Lipinski definition) is 1. The Morgan fingerprint density at radius 2 is 2.21 bits per heavy atom. The van der Waals surface area contributed by atoms with Gasteiger partial charge in [-0.3, -0.25) is 9.59 Å². The van der Waals surface area contributed by atoms with Crippen molar-refractivity contribution < 1.29 is 24.2 Å². The number of methoxy groups -OCH3 is 1. The van der Waals surface area contributed by atoms with Crippen molar-refractivity contribution in [3.63, 3.8) is 0 Å². The number of aliphatic carboxylic acids is 1. The lowest BCUT2D eigenvalue weighted by atomic mass is 10.0. The van der Waals surface area contributed by atoms with E-state index in [1.54, 1.807) is 12.0 Å². The number of hydrogen-bond acceptors (Lipinski definition) is 5. The molecule has 2 atom stereocenters. The van der Waals surface area contributed by atoms with E-state index in [0.717, 1.165) is 5.75 Å². The fraction of sp³-hybridized carbons (Fsp3) is 0.833. The zero-order chi connectivity index (χ0) is 14.3. The molecule has 7 heteroatoms. The van der Waals surface area contributed by atoms with Crippen LogP contribution in [-0.2, 0) is 19.1 Å². The maximum absolute atomic E-state index is 12.1. The lowest BCUT2D eigenvalue weighted by molar-refractivity contribution is -0.144. The zero-order valence-electron chi connectivity index (χ0n) is 11.3. The van der Waals surface area contributed by atoms with Gasteiger partial charge in [0.2, 0.25) is 5.91 Å². The van der Waals surface area contributed by atoms with Crippen LogP contribution in [0.3, 0.4) is 0 Å². The van der Waals surface area contributed by atoms with Crippen molar-refractivity contribution in [2.24, 2.45) is 5.92 Å². The summed E-state index contributed by atoms with van der Waals surface area (Å²) < 4.78 is 10.1. The highest BCUT2D eigenvalue weighted by atomic mass is 32.2. The largest absolute Gasteiger partial charge is 0.481 e. The average Bonchev–Trinajstić information content (AvgIpc) is 2.85. The van der Waals surface area contributed by atoms with Gasteiger partial charge in [-0.25, -0.2) is 0 Å². The van der Waals surface area contributed by atoms with E-state index in [2.05, 4.69) is 0 Å². The first kappa shape index (κ1) is 16.3. The first-order valence-electron chi connectivity index (χ1n) is 6.28. The second kappa shape index (κ2) is 8.39. The topological polar surface area (TPSA) is 76.1 Å². The smallest absolute Gasteiger partial charge is 0.311 e. The molecule has 0 aromatic heterocycles. The second-order valence-electron chi connectivity index (χ2n) is 4.27. The molecule has 19 heavy (non-hydrogen) atoms. The van der Waals surface area contributed by atoms with Gasteiger partial charge in [-0.05, 0) is 6.92 Å². The predicted octanol–water partition coefficient (Wildman–Crippen LogP) is 0.314. The Morgan fingerprint density at radius 1 is 1.47 bits per heavy atom. The molecule has 1 amide bonds. The molecule has 1 aliphatic heterocycles. The van der Waals surface area contributed by atoms with Gasteiger partial charge < -0.3 is 19.5 Å². The van der Waals surface area contributed by atoms with Crippen molar-refractivity contribution in [1.82, 2.24) is 4.90 Å². The number of rotatable bonds is 8. The molecule has 0 aromatic rings. The van der Waals surface area contributed by atoms with Gasteiger partial charge in [0.05, 0.1) is 31.6 Å². The Morgan fingerprint density at radius 3 is 2.79 bits per heavy atom. The van der Waals surface area contributed by atoms with E-state index in [9.17, 15) is 9.59 Å². The summed E-state index contributed by atoms with van der Waals surface area (Å²) in [6.45, 7) is 3.45. The molecule has 0 aliphatic carbocycles. The van der Waals surface area contributed by atoms with Crippen molar-refractivity contribution in [1.29, 1.82) is 0 Å². The number of amides is 1. The number of carbonyl (C=O) groups excluding carboxylic acids is 1. The first-order valence-corrected chi connectivity index (χ1v) is 7.44. The molecule has 110 valence electrons. The van der Waals surface area contributed by atoms with E-state index in [0.29, 0.717) is 25.5 Å². The van der Waals surface area contributed by atoms with Gasteiger partial charge in [-0.2, -0.15) is 0 Å². The van der Waals surface area contributed by atoms with Crippen LogP contribution >= 0.6 is 11.8 Å². The van der Waals surface area contributed by atoms with Gasteiger partial charge in [0, 0.05) is 19.4 Å². The maximum Gasteiger partial charge on any atom is 0.311 e. The monoisotopic (exact) mass is 291 g/mol. The molecular weight excluding hydrogens is 270 g/mol. The summed E-state index contributed by atoms with van der Waals surface area (Å²) >= 11 is 1.49. The summed E-state index contributed by atoms with van der Waals surface area (Å²) in [6, 6.07) is -0.349. The number of thioether (sulfide) groups is 1. The van der Waals surface area contributed by atoms with Gasteiger partial charge in [-0.15, -0.1) is 11.8 Å². The van der Waals surface area contributed by atoms with Crippen LogP contribution in [-0.4, -0.2) is 72.9 Å². The van der Waals surface area contributed by atoms with Gasteiger partial charge >= 0.3 is 5.97 Å². The molecule has 1 aliphatic rings. The fourth-order valence-corrected chi connectivity index (χ4v) is 2.84. The van der Waals surface area contributed by atoms with E-state index >= 15 is 0 Å². The SMILES string of the molecule is CCN(C(=O)CSCCOC)C1COCC1C(=O)O. The van der Waals surface area contributed by atoms with Crippen LogP contribution in [0, 0.1) is 5.92 Å². The molecule has 1 N–H and O–H groups in total. The molecule has 6 nitrogen and oxygen atoms in total. The van der Waals surface area contributed by atoms with Gasteiger partial charge in [0.1, 0.15) is 5.92 Å². The molecule has 0 radical (unpaired) electrons. The normalized spacial score (nSPS) is 22.4. The highest BCUT2D eigenvalue weighted by Gasteiger charge is 2.39. The third-order valence-electron chi connectivity index (χ3n) is 3.09. The molecular formula is C12H21NO5S. The van der Waals surface area contributed by atoms with Crippen LogP contribution in [0.5, 0.6) is 0 Å². The molecule has 0 bridgehead atoms.